The molecule has 0 saturated heterocycles. The first kappa shape index (κ1) is 16.7. The molecule has 1 heterocycles. The molecule has 0 saturated carbocycles. The number of aryl methyl sites for hydroxylation is 1. The van der Waals surface area contributed by atoms with Crippen LogP contribution in [-0.2, 0) is 16.1 Å². The van der Waals surface area contributed by atoms with Gasteiger partial charge in [-0.25, -0.2) is 0 Å². The van der Waals surface area contributed by atoms with E-state index in [1.807, 2.05) is 43.3 Å². The Balaban J connectivity index is 1.87. The SMILES string of the molecule is CC(=O)N(CCC(=O)Nc1ccc(C)cc1)Cc1cccnc1. The van der Waals surface area contributed by atoms with Crippen LogP contribution in [0.5, 0.6) is 0 Å². The summed E-state index contributed by atoms with van der Waals surface area (Å²) >= 11 is 0. The van der Waals surface area contributed by atoms with Crippen LogP contribution < -0.4 is 5.32 Å². The second-order valence-corrected chi connectivity index (χ2v) is 5.47. The van der Waals surface area contributed by atoms with Crippen molar-refractivity contribution < 1.29 is 9.59 Å². The van der Waals surface area contributed by atoms with Gasteiger partial charge < -0.3 is 10.2 Å². The third-order valence-electron chi connectivity index (χ3n) is 3.49. The second kappa shape index (κ2) is 8.08. The van der Waals surface area contributed by atoms with E-state index in [9.17, 15) is 9.59 Å². The van der Waals surface area contributed by atoms with Crippen molar-refractivity contribution >= 4 is 17.5 Å². The number of rotatable bonds is 6. The first-order valence-electron chi connectivity index (χ1n) is 7.55. The minimum Gasteiger partial charge on any atom is -0.338 e. The highest BCUT2D eigenvalue weighted by Gasteiger charge is 2.12. The van der Waals surface area contributed by atoms with Crippen LogP contribution >= 0.6 is 0 Å². The maximum atomic E-state index is 12.0. The van der Waals surface area contributed by atoms with Crippen LogP contribution in [0.15, 0.2) is 48.8 Å². The van der Waals surface area contributed by atoms with Crippen molar-refractivity contribution in [3.63, 3.8) is 0 Å². The lowest BCUT2D eigenvalue weighted by Crippen LogP contribution is -2.31. The maximum absolute atomic E-state index is 12.0. The Kier molecular flexibility index (Phi) is 5.86. The summed E-state index contributed by atoms with van der Waals surface area (Å²) in [6.07, 6.45) is 3.67. The molecule has 0 aliphatic rings. The molecule has 0 unspecified atom stereocenters. The number of aromatic nitrogens is 1. The molecule has 1 aromatic heterocycles. The van der Waals surface area contributed by atoms with Gasteiger partial charge in [0.15, 0.2) is 0 Å². The number of nitrogens with one attached hydrogen (secondary N) is 1. The molecule has 0 radical (unpaired) electrons. The van der Waals surface area contributed by atoms with Gasteiger partial charge >= 0.3 is 0 Å². The van der Waals surface area contributed by atoms with Crippen molar-refractivity contribution in [2.75, 3.05) is 11.9 Å². The minimum absolute atomic E-state index is 0.0583. The third kappa shape index (κ3) is 5.54. The van der Waals surface area contributed by atoms with E-state index in [0.29, 0.717) is 13.1 Å². The van der Waals surface area contributed by atoms with E-state index in [1.165, 1.54) is 6.92 Å². The number of hydrogen-bond acceptors (Lipinski definition) is 3. The van der Waals surface area contributed by atoms with Crippen LogP contribution in [0.2, 0.25) is 0 Å². The zero-order valence-electron chi connectivity index (χ0n) is 13.5. The van der Waals surface area contributed by atoms with Crippen molar-refractivity contribution in [3.8, 4) is 0 Å². The van der Waals surface area contributed by atoms with Crippen LogP contribution in [0.4, 0.5) is 5.69 Å². The largest absolute Gasteiger partial charge is 0.338 e. The average molecular weight is 311 g/mol. The molecule has 0 bridgehead atoms. The number of carbonyl (C=O) groups excluding carboxylic acids is 2. The van der Waals surface area contributed by atoms with E-state index in [2.05, 4.69) is 10.3 Å². The van der Waals surface area contributed by atoms with Gasteiger partial charge in [-0.2, -0.15) is 0 Å². The van der Waals surface area contributed by atoms with E-state index in [1.54, 1.807) is 17.3 Å². The van der Waals surface area contributed by atoms with Crippen molar-refractivity contribution in [3.05, 3.63) is 59.9 Å². The van der Waals surface area contributed by atoms with Crippen LogP contribution in [0, 0.1) is 6.92 Å². The van der Waals surface area contributed by atoms with Crippen LogP contribution in [0.25, 0.3) is 0 Å². The molecule has 0 aliphatic heterocycles. The Morgan fingerprint density at radius 1 is 1.17 bits per heavy atom. The first-order valence-corrected chi connectivity index (χ1v) is 7.55. The van der Waals surface area contributed by atoms with Gasteiger partial charge in [-0.15, -0.1) is 0 Å². The summed E-state index contributed by atoms with van der Waals surface area (Å²) in [4.78, 5) is 29.4. The summed E-state index contributed by atoms with van der Waals surface area (Å²) in [5.41, 5.74) is 2.85. The summed E-state index contributed by atoms with van der Waals surface area (Å²) in [6, 6.07) is 11.4. The predicted octanol–water partition coefficient (Wildman–Crippen LogP) is 2.77. The summed E-state index contributed by atoms with van der Waals surface area (Å²) < 4.78 is 0. The van der Waals surface area contributed by atoms with Crippen molar-refractivity contribution in [2.24, 2.45) is 0 Å². The summed E-state index contributed by atoms with van der Waals surface area (Å²) in [6.45, 7) is 4.34. The molecule has 0 atom stereocenters. The number of nitrogens with zero attached hydrogens (tertiary/aromatic N) is 2. The fourth-order valence-electron chi connectivity index (χ4n) is 2.16. The van der Waals surface area contributed by atoms with Gasteiger partial charge in [0, 0.05) is 44.5 Å². The predicted molar refractivity (Wildman–Crippen MR) is 89.8 cm³/mol. The molecular weight excluding hydrogens is 290 g/mol. The second-order valence-electron chi connectivity index (χ2n) is 5.47. The number of carbonyl (C=O) groups is 2. The molecule has 2 amide bonds. The topological polar surface area (TPSA) is 62.3 Å². The smallest absolute Gasteiger partial charge is 0.226 e. The molecule has 0 fully saturated rings. The van der Waals surface area contributed by atoms with Crippen LogP contribution in [0.3, 0.4) is 0 Å². The van der Waals surface area contributed by atoms with Gasteiger partial charge in [0.2, 0.25) is 11.8 Å². The van der Waals surface area contributed by atoms with Gasteiger partial charge in [-0.1, -0.05) is 23.8 Å². The van der Waals surface area contributed by atoms with Crippen molar-refractivity contribution in [1.82, 2.24) is 9.88 Å². The van der Waals surface area contributed by atoms with Gasteiger partial charge in [0.25, 0.3) is 0 Å². The lowest BCUT2D eigenvalue weighted by Gasteiger charge is -2.20. The number of pyridine rings is 1. The van der Waals surface area contributed by atoms with Gasteiger partial charge in [-0.05, 0) is 30.7 Å². The molecule has 5 nitrogen and oxygen atoms in total. The standard InChI is InChI=1S/C18H21N3O2/c1-14-5-7-17(8-6-14)20-18(23)9-11-21(15(2)22)13-16-4-3-10-19-12-16/h3-8,10,12H,9,11,13H2,1-2H3,(H,20,23). The van der Waals surface area contributed by atoms with E-state index < -0.39 is 0 Å². The van der Waals surface area contributed by atoms with E-state index in [-0.39, 0.29) is 18.2 Å². The summed E-state index contributed by atoms with van der Waals surface area (Å²) in [7, 11) is 0. The lowest BCUT2D eigenvalue weighted by molar-refractivity contribution is -0.129. The van der Waals surface area contributed by atoms with Crippen LogP contribution in [-0.4, -0.2) is 28.2 Å². The zero-order chi connectivity index (χ0) is 16.7. The van der Waals surface area contributed by atoms with Gasteiger partial charge in [-0.3, -0.25) is 14.6 Å². The highest BCUT2D eigenvalue weighted by atomic mass is 16.2. The molecule has 2 rings (SSSR count). The minimum atomic E-state index is -0.105. The van der Waals surface area contributed by atoms with Crippen LogP contribution in [0.1, 0.15) is 24.5 Å². The maximum Gasteiger partial charge on any atom is 0.226 e. The van der Waals surface area contributed by atoms with Crippen molar-refractivity contribution in [2.45, 2.75) is 26.8 Å². The summed E-state index contributed by atoms with van der Waals surface area (Å²) in [5, 5.41) is 2.84. The Labute approximate surface area is 136 Å². The molecule has 23 heavy (non-hydrogen) atoms. The Hall–Kier alpha value is -2.69. The highest BCUT2D eigenvalue weighted by molar-refractivity contribution is 5.91. The average Bonchev–Trinajstić information content (AvgIpc) is 2.54. The monoisotopic (exact) mass is 311 g/mol. The number of hydrogen-bond donors (Lipinski definition) is 1. The zero-order valence-corrected chi connectivity index (χ0v) is 13.5. The molecule has 2 aromatic rings. The Bertz CT molecular complexity index is 654. The molecular formula is C18H21N3O2. The van der Waals surface area contributed by atoms with E-state index in [0.717, 1.165) is 16.8 Å². The quantitative estimate of drug-likeness (QED) is 0.892. The number of benzene rings is 1. The lowest BCUT2D eigenvalue weighted by atomic mass is 10.2. The molecule has 1 N–H and O–H groups in total. The molecule has 0 spiro atoms. The number of amides is 2. The van der Waals surface area contributed by atoms with E-state index in [4.69, 9.17) is 0 Å². The van der Waals surface area contributed by atoms with E-state index >= 15 is 0 Å². The normalized spacial score (nSPS) is 10.2. The van der Waals surface area contributed by atoms with Crippen molar-refractivity contribution in [1.29, 1.82) is 0 Å². The third-order valence-corrected chi connectivity index (χ3v) is 3.49. The van der Waals surface area contributed by atoms with Gasteiger partial charge in [0.1, 0.15) is 0 Å². The fourth-order valence-corrected chi connectivity index (χ4v) is 2.16. The molecule has 0 aliphatic carbocycles. The molecule has 1 aromatic carbocycles. The Morgan fingerprint density at radius 3 is 2.52 bits per heavy atom. The molecule has 5 heteroatoms. The first-order chi connectivity index (χ1) is 11.0. The molecule has 120 valence electrons. The van der Waals surface area contributed by atoms with Gasteiger partial charge in [0.05, 0.1) is 0 Å². The number of anilines is 1. The summed E-state index contributed by atoms with van der Waals surface area (Å²) in [5.74, 6) is -0.164. The fraction of sp³-hybridized carbons (Fsp3) is 0.278. The highest BCUT2D eigenvalue weighted by Crippen LogP contribution is 2.10. The Morgan fingerprint density at radius 2 is 1.91 bits per heavy atom.